The van der Waals surface area contributed by atoms with E-state index in [2.05, 4.69) is 40.6 Å². The van der Waals surface area contributed by atoms with Crippen LogP contribution < -0.4 is 0 Å². The summed E-state index contributed by atoms with van der Waals surface area (Å²) in [6, 6.07) is 24.4. The molecular weight excluding hydrogens is 685 g/mol. The molecule has 2 N–H and O–H groups in total. The summed E-state index contributed by atoms with van der Waals surface area (Å²) in [7, 11) is 0. The van der Waals surface area contributed by atoms with Crippen LogP contribution in [0, 0.1) is 20.2 Å². The van der Waals surface area contributed by atoms with Crippen LogP contribution in [0.1, 0.15) is 11.1 Å². The van der Waals surface area contributed by atoms with Crippen LogP contribution in [0.4, 0.5) is 34.1 Å². The molecule has 0 bridgehead atoms. The standard InChI is InChI=1S/C32H24N10O6S2/c43-29-15-25(37-35-23-5-9-27(10-6-23)41(45)46)3-1-21(29)17-33-19-49-31-13-14-32(40-39-31)50-20-34-18-22-2-4-26(16-30(22)44)38-36-24-7-11-28(12-8-24)42(47)48/h1-18,43-44H,19-20H2/b33-17+,34-18+,37-35?,38-36?. The van der Waals surface area contributed by atoms with E-state index < -0.39 is 9.85 Å². The highest BCUT2D eigenvalue weighted by Crippen LogP contribution is 2.28. The van der Waals surface area contributed by atoms with Crippen molar-refractivity contribution in [3.63, 3.8) is 0 Å². The molecule has 250 valence electrons. The second kappa shape index (κ2) is 17.1. The van der Waals surface area contributed by atoms with Crippen molar-refractivity contribution in [2.75, 3.05) is 11.8 Å². The minimum absolute atomic E-state index is 0.0294. The van der Waals surface area contributed by atoms with Crippen molar-refractivity contribution in [2.45, 2.75) is 10.1 Å². The molecule has 0 amide bonds. The van der Waals surface area contributed by atoms with Gasteiger partial charge in [0, 0.05) is 60.0 Å². The smallest absolute Gasteiger partial charge is 0.269 e. The number of phenols is 2. The molecule has 0 aliphatic rings. The summed E-state index contributed by atoms with van der Waals surface area (Å²) in [5.41, 5.74) is 2.59. The molecule has 16 nitrogen and oxygen atoms in total. The fourth-order valence-corrected chi connectivity index (χ4v) is 4.95. The van der Waals surface area contributed by atoms with Gasteiger partial charge in [-0.25, -0.2) is 0 Å². The second-order valence-electron chi connectivity index (χ2n) is 9.81. The molecule has 0 saturated carbocycles. The van der Waals surface area contributed by atoms with Crippen molar-refractivity contribution in [2.24, 2.45) is 30.4 Å². The Kier molecular flexibility index (Phi) is 12.0. The van der Waals surface area contributed by atoms with Crippen LogP contribution in [0.25, 0.3) is 0 Å². The highest BCUT2D eigenvalue weighted by molar-refractivity contribution is 7.99. The minimum atomic E-state index is -0.495. The van der Waals surface area contributed by atoms with Crippen LogP contribution in [0.5, 0.6) is 11.5 Å². The molecule has 4 aromatic carbocycles. The maximum Gasteiger partial charge on any atom is 0.269 e. The van der Waals surface area contributed by atoms with Gasteiger partial charge in [-0.15, -0.1) is 10.2 Å². The average Bonchev–Trinajstić information content (AvgIpc) is 3.12. The number of hydrogen-bond acceptors (Lipinski definition) is 16. The highest BCUT2D eigenvalue weighted by atomic mass is 32.2. The number of nitrogens with zero attached hydrogens (tertiary/aromatic N) is 10. The van der Waals surface area contributed by atoms with E-state index >= 15 is 0 Å². The maximum absolute atomic E-state index is 10.8. The van der Waals surface area contributed by atoms with Crippen LogP contribution in [0.3, 0.4) is 0 Å². The van der Waals surface area contributed by atoms with Crippen molar-refractivity contribution in [1.82, 2.24) is 10.2 Å². The predicted octanol–water partition coefficient (Wildman–Crippen LogP) is 8.87. The summed E-state index contributed by atoms with van der Waals surface area (Å²) < 4.78 is 0. The number of hydrogen-bond donors (Lipinski definition) is 2. The topological polar surface area (TPSA) is 227 Å². The van der Waals surface area contributed by atoms with Gasteiger partial charge in [-0.2, -0.15) is 20.5 Å². The summed E-state index contributed by atoms with van der Waals surface area (Å²) in [6.07, 6.45) is 3.07. The van der Waals surface area contributed by atoms with E-state index in [1.165, 1.54) is 96.6 Å². The van der Waals surface area contributed by atoms with Gasteiger partial charge >= 0.3 is 0 Å². The van der Waals surface area contributed by atoms with Crippen molar-refractivity contribution >= 4 is 70.1 Å². The minimum Gasteiger partial charge on any atom is -0.507 e. The number of thioether (sulfide) groups is 2. The monoisotopic (exact) mass is 708 g/mol. The molecule has 1 aromatic heterocycles. The fourth-order valence-electron chi connectivity index (χ4n) is 3.86. The summed E-state index contributed by atoms with van der Waals surface area (Å²) in [6.45, 7) is 0. The molecular formula is C32H24N10O6S2. The lowest BCUT2D eigenvalue weighted by molar-refractivity contribution is -0.385. The molecule has 0 saturated heterocycles. The number of non-ortho nitro benzene ring substituents is 2. The Hall–Kier alpha value is -6.40. The van der Waals surface area contributed by atoms with Crippen LogP contribution in [-0.2, 0) is 0 Å². The van der Waals surface area contributed by atoms with Crippen LogP contribution in [0.15, 0.2) is 138 Å². The van der Waals surface area contributed by atoms with E-state index in [4.69, 9.17) is 0 Å². The molecule has 5 aromatic rings. The molecule has 50 heavy (non-hydrogen) atoms. The summed E-state index contributed by atoms with van der Waals surface area (Å²) in [5.74, 6) is 0.622. The molecule has 18 heteroatoms. The zero-order chi connectivity index (χ0) is 35.3. The van der Waals surface area contributed by atoms with Gasteiger partial charge in [0.25, 0.3) is 11.4 Å². The maximum atomic E-state index is 10.8. The van der Waals surface area contributed by atoms with Gasteiger partial charge in [0.15, 0.2) is 0 Å². The lowest BCUT2D eigenvalue weighted by Crippen LogP contribution is -1.90. The Bertz CT molecular complexity index is 1940. The third kappa shape index (κ3) is 10.3. The van der Waals surface area contributed by atoms with Crippen LogP contribution >= 0.6 is 23.5 Å². The van der Waals surface area contributed by atoms with E-state index in [9.17, 15) is 30.4 Å². The van der Waals surface area contributed by atoms with E-state index in [1.54, 1.807) is 24.3 Å². The number of aromatic hydroxyl groups is 2. The first-order valence-corrected chi connectivity index (χ1v) is 16.3. The average molecular weight is 709 g/mol. The number of rotatable bonds is 14. The Morgan fingerprint density at radius 1 is 0.560 bits per heavy atom. The summed E-state index contributed by atoms with van der Waals surface area (Å²) >= 11 is 2.73. The van der Waals surface area contributed by atoms with Crippen molar-refractivity contribution in [3.05, 3.63) is 128 Å². The number of nitro benzene ring substituents is 2. The molecule has 1 heterocycles. The van der Waals surface area contributed by atoms with Crippen molar-refractivity contribution in [1.29, 1.82) is 0 Å². The Balaban J connectivity index is 1.04. The molecule has 0 unspecified atom stereocenters. The number of azo groups is 2. The van der Waals surface area contributed by atoms with Crippen molar-refractivity contribution in [3.8, 4) is 11.5 Å². The number of aromatic nitrogens is 2. The van der Waals surface area contributed by atoms with E-state index in [-0.39, 0.29) is 22.9 Å². The number of phenolic OH excluding ortho intramolecular Hbond substituents is 2. The third-order valence-corrected chi connectivity index (χ3v) is 7.94. The number of benzene rings is 4. The number of nitro groups is 2. The molecule has 0 spiro atoms. The first-order chi connectivity index (χ1) is 24.2. The van der Waals surface area contributed by atoms with Crippen LogP contribution in [-0.4, -0.2) is 54.4 Å². The molecule has 0 aliphatic carbocycles. The SMILES string of the molecule is O=[N+]([O-])c1ccc(N=Nc2ccc(/C=N/CSc3ccc(SC/N=C/c4ccc(N=Nc5ccc([N+](=O)[O-])cc5)cc4O)nn3)c(O)c2)cc1. The second-order valence-corrected chi connectivity index (χ2v) is 11.7. The van der Waals surface area contributed by atoms with Gasteiger partial charge in [0.2, 0.25) is 0 Å². The highest BCUT2D eigenvalue weighted by Gasteiger charge is 2.06. The van der Waals surface area contributed by atoms with Gasteiger partial charge in [-0.05, 0) is 60.7 Å². The third-order valence-electron chi connectivity index (χ3n) is 6.36. The lowest BCUT2D eigenvalue weighted by atomic mass is 10.2. The molecule has 0 fully saturated rings. The predicted molar refractivity (Wildman–Crippen MR) is 189 cm³/mol. The van der Waals surface area contributed by atoms with Gasteiger partial charge in [0.05, 0.1) is 44.3 Å². The molecule has 5 rings (SSSR count). The normalized spacial score (nSPS) is 11.7. The molecule has 0 atom stereocenters. The quantitative estimate of drug-likeness (QED) is 0.0366. The zero-order valence-corrected chi connectivity index (χ0v) is 27.3. The van der Waals surface area contributed by atoms with E-state index in [0.717, 1.165) is 0 Å². The summed E-state index contributed by atoms with van der Waals surface area (Å²) in [4.78, 5) is 29.2. The first-order valence-electron chi connectivity index (χ1n) is 14.3. The lowest BCUT2D eigenvalue weighted by Gasteiger charge is -2.01. The Morgan fingerprint density at radius 2 is 0.920 bits per heavy atom. The Morgan fingerprint density at radius 3 is 1.26 bits per heavy atom. The largest absolute Gasteiger partial charge is 0.507 e. The first kappa shape index (κ1) is 34.9. The summed E-state index contributed by atoms with van der Waals surface area (Å²) in [5, 5.41) is 68.1. The van der Waals surface area contributed by atoms with Gasteiger partial charge < -0.3 is 10.2 Å². The van der Waals surface area contributed by atoms with Gasteiger partial charge in [0.1, 0.15) is 21.6 Å². The fraction of sp³-hybridized carbons (Fsp3) is 0.0625. The van der Waals surface area contributed by atoms with E-state index in [0.29, 0.717) is 55.7 Å². The van der Waals surface area contributed by atoms with E-state index in [1.807, 2.05) is 12.1 Å². The number of aliphatic imine (C=N–C) groups is 2. The van der Waals surface area contributed by atoms with Crippen LogP contribution in [0.2, 0.25) is 0 Å². The van der Waals surface area contributed by atoms with Gasteiger partial charge in [-0.1, -0.05) is 23.5 Å². The molecule has 0 aliphatic heterocycles. The van der Waals surface area contributed by atoms with Crippen molar-refractivity contribution < 1.29 is 20.1 Å². The Labute approximate surface area is 291 Å². The molecule has 0 radical (unpaired) electrons. The zero-order valence-electron chi connectivity index (χ0n) is 25.6. The van der Waals surface area contributed by atoms with Gasteiger partial charge in [-0.3, -0.25) is 30.2 Å².